The summed E-state index contributed by atoms with van der Waals surface area (Å²) in [5.41, 5.74) is 1.84. The van der Waals surface area contributed by atoms with Crippen molar-refractivity contribution < 1.29 is 9.53 Å². The Morgan fingerprint density at radius 3 is 2.94 bits per heavy atom. The van der Waals surface area contributed by atoms with E-state index in [2.05, 4.69) is 5.32 Å². The standard InChI is InChI=1S/C12H16N2O2/c1-8-7-13-10-5-4-9(16-3)6-11(10)14(2)12(8)15/h4-6,8,13H,7H2,1-3H3. The highest BCUT2D eigenvalue weighted by Crippen LogP contribution is 2.32. The number of ether oxygens (including phenoxy) is 1. The third-order valence-electron chi connectivity index (χ3n) is 2.92. The molecule has 0 saturated carbocycles. The van der Waals surface area contributed by atoms with Crippen LogP contribution in [0.25, 0.3) is 0 Å². The van der Waals surface area contributed by atoms with E-state index in [0.717, 1.165) is 17.1 Å². The molecule has 1 atom stereocenters. The maximum absolute atomic E-state index is 12.0. The SMILES string of the molecule is COc1ccc2c(c1)N(C)C(=O)C(C)CN2. The van der Waals surface area contributed by atoms with Crippen molar-refractivity contribution in [3.63, 3.8) is 0 Å². The van der Waals surface area contributed by atoms with E-state index in [4.69, 9.17) is 4.74 Å². The topological polar surface area (TPSA) is 41.6 Å². The predicted molar refractivity (Wildman–Crippen MR) is 64.1 cm³/mol. The maximum atomic E-state index is 12.0. The van der Waals surface area contributed by atoms with Crippen molar-refractivity contribution >= 4 is 17.3 Å². The quantitative estimate of drug-likeness (QED) is 0.783. The predicted octanol–water partition coefficient (Wildman–Crippen LogP) is 1.72. The smallest absolute Gasteiger partial charge is 0.231 e. The van der Waals surface area contributed by atoms with Gasteiger partial charge in [-0.3, -0.25) is 4.79 Å². The second kappa shape index (κ2) is 4.04. The first-order valence-electron chi connectivity index (χ1n) is 5.33. The molecule has 86 valence electrons. The van der Waals surface area contributed by atoms with Crippen LogP contribution >= 0.6 is 0 Å². The summed E-state index contributed by atoms with van der Waals surface area (Å²) in [5, 5.41) is 3.27. The lowest BCUT2D eigenvalue weighted by atomic mass is 10.1. The first-order valence-corrected chi connectivity index (χ1v) is 5.33. The fraction of sp³-hybridized carbons (Fsp3) is 0.417. The van der Waals surface area contributed by atoms with Crippen molar-refractivity contribution in [3.8, 4) is 5.75 Å². The Kier molecular flexibility index (Phi) is 2.73. The highest BCUT2D eigenvalue weighted by molar-refractivity contribution is 5.99. The average molecular weight is 220 g/mol. The summed E-state index contributed by atoms with van der Waals surface area (Å²) < 4.78 is 5.17. The lowest BCUT2D eigenvalue weighted by molar-refractivity contribution is -0.121. The monoisotopic (exact) mass is 220 g/mol. The molecule has 1 aliphatic heterocycles. The van der Waals surface area contributed by atoms with E-state index < -0.39 is 0 Å². The largest absolute Gasteiger partial charge is 0.497 e. The number of carbonyl (C=O) groups is 1. The lowest BCUT2D eigenvalue weighted by Crippen LogP contribution is -2.31. The van der Waals surface area contributed by atoms with Crippen LogP contribution in [0.15, 0.2) is 18.2 Å². The van der Waals surface area contributed by atoms with Crippen molar-refractivity contribution in [2.45, 2.75) is 6.92 Å². The van der Waals surface area contributed by atoms with Gasteiger partial charge in [-0.2, -0.15) is 0 Å². The van der Waals surface area contributed by atoms with Crippen LogP contribution in [0.5, 0.6) is 5.75 Å². The van der Waals surface area contributed by atoms with E-state index in [1.807, 2.05) is 25.1 Å². The number of benzene rings is 1. The molecule has 0 aliphatic carbocycles. The zero-order valence-electron chi connectivity index (χ0n) is 9.78. The molecule has 0 fully saturated rings. The minimum atomic E-state index is -0.0107. The van der Waals surface area contributed by atoms with Gasteiger partial charge in [0.05, 0.1) is 24.4 Å². The number of amides is 1. The molecule has 1 aromatic carbocycles. The van der Waals surface area contributed by atoms with E-state index in [1.54, 1.807) is 19.1 Å². The van der Waals surface area contributed by atoms with Crippen LogP contribution in [0, 0.1) is 5.92 Å². The van der Waals surface area contributed by atoms with Crippen molar-refractivity contribution in [1.82, 2.24) is 0 Å². The van der Waals surface area contributed by atoms with Crippen LogP contribution in [0.4, 0.5) is 11.4 Å². The third kappa shape index (κ3) is 1.71. The van der Waals surface area contributed by atoms with Crippen LogP contribution < -0.4 is 15.0 Å². The van der Waals surface area contributed by atoms with Crippen LogP contribution in [-0.2, 0) is 4.79 Å². The molecule has 1 amide bonds. The highest BCUT2D eigenvalue weighted by Gasteiger charge is 2.24. The van der Waals surface area contributed by atoms with Crippen molar-refractivity contribution in [2.75, 3.05) is 30.9 Å². The molecule has 4 heteroatoms. The van der Waals surface area contributed by atoms with Crippen LogP contribution in [0.3, 0.4) is 0 Å². The molecule has 0 saturated heterocycles. The van der Waals surface area contributed by atoms with Gasteiger partial charge in [0.25, 0.3) is 0 Å². The number of fused-ring (bicyclic) bond motifs is 1. The Balaban J connectivity index is 2.45. The van der Waals surface area contributed by atoms with Gasteiger partial charge in [-0.15, -0.1) is 0 Å². The van der Waals surface area contributed by atoms with Gasteiger partial charge in [-0.1, -0.05) is 6.92 Å². The van der Waals surface area contributed by atoms with Crippen molar-refractivity contribution in [1.29, 1.82) is 0 Å². The summed E-state index contributed by atoms with van der Waals surface area (Å²) in [6.07, 6.45) is 0. The zero-order valence-corrected chi connectivity index (χ0v) is 9.78. The molecular formula is C12H16N2O2. The Labute approximate surface area is 95.2 Å². The molecule has 1 aliphatic rings. The highest BCUT2D eigenvalue weighted by atomic mass is 16.5. The molecule has 1 unspecified atom stereocenters. The van der Waals surface area contributed by atoms with Crippen LogP contribution in [0.1, 0.15) is 6.92 Å². The molecule has 0 spiro atoms. The zero-order chi connectivity index (χ0) is 11.7. The van der Waals surface area contributed by atoms with Gasteiger partial charge in [0.1, 0.15) is 5.75 Å². The molecule has 1 N–H and O–H groups in total. The summed E-state index contributed by atoms with van der Waals surface area (Å²) >= 11 is 0. The second-order valence-corrected chi connectivity index (χ2v) is 4.06. The van der Waals surface area contributed by atoms with Gasteiger partial charge in [0, 0.05) is 19.7 Å². The molecule has 2 rings (SSSR count). The van der Waals surface area contributed by atoms with Gasteiger partial charge in [0.15, 0.2) is 0 Å². The second-order valence-electron chi connectivity index (χ2n) is 4.06. The van der Waals surface area contributed by atoms with Gasteiger partial charge in [-0.05, 0) is 12.1 Å². The molecule has 4 nitrogen and oxygen atoms in total. The van der Waals surface area contributed by atoms with Gasteiger partial charge in [-0.25, -0.2) is 0 Å². The number of methoxy groups -OCH3 is 1. The maximum Gasteiger partial charge on any atom is 0.231 e. The van der Waals surface area contributed by atoms with Crippen molar-refractivity contribution in [2.24, 2.45) is 5.92 Å². The van der Waals surface area contributed by atoms with E-state index in [1.165, 1.54) is 0 Å². The summed E-state index contributed by atoms with van der Waals surface area (Å²) in [6, 6.07) is 5.70. The van der Waals surface area contributed by atoms with Gasteiger partial charge >= 0.3 is 0 Å². The number of carbonyl (C=O) groups excluding carboxylic acids is 1. The van der Waals surface area contributed by atoms with Gasteiger partial charge < -0.3 is 15.0 Å². The Morgan fingerprint density at radius 2 is 2.25 bits per heavy atom. The molecule has 16 heavy (non-hydrogen) atoms. The summed E-state index contributed by atoms with van der Waals surface area (Å²) in [4.78, 5) is 13.6. The van der Waals surface area contributed by atoms with E-state index in [0.29, 0.717) is 6.54 Å². The number of hydrogen-bond donors (Lipinski definition) is 1. The fourth-order valence-electron chi connectivity index (χ4n) is 1.87. The molecule has 0 bridgehead atoms. The number of hydrogen-bond acceptors (Lipinski definition) is 3. The number of nitrogens with one attached hydrogen (secondary N) is 1. The van der Waals surface area contributed by atoms with E-state index in [9.17, 15) is 4.79 Å². The van der Waals surface area contributed by atoms with E-state index in [-0.39, 0.29) is 11.8 Å². The number of anilines is 2. The number of nitrogens with zero attached hydrogens (tertiary/aromatic N) is 1. The molecule has 0 aromatic heterocycles. The normalized spacial score (nSPS) is 19.8. The molecule has 1 heterocycles. The summed E-state index contributed by atoms with van der Waals surface area (Å²) in [6.45, 7) is 2.59. The van der Waals surface area contributed by atoms with Crippen LogP contribution in [-0.4, -0.2) is 26.6 Å². The third-order valence-corrected chi connectivity index (χ3v) is 2.92. The minimum absolute atomic E-state index is 0.0107. The number of rotatable bonds is 1. The minimum Gasteiger partial charge on any atom is -0.497 e. The first kappa shape index (κ1) is 10.8. The van der Waals surface area contributed by atoms with Gasteiger partial charge in [0.2, 0.25) is 5.91 Å². The average Bonchev–Trinajstić information content (AvgIpc) is 2.42. The molecular weight excluding hydrogens is 204 g/mol. The summed E-state index contributed by atoms with van der Waals surface area (Å²) in [7, 11) is 3.42. The Morgan fingerprint density at radius 1 is 1.50 bits per heavy atom. The lowest BCUT2D eigenvalue weighted by Gasteiger charge is -2.19. The molecule has 1 aromatic rings. The van der Waals surface area contributed by atoms with Crippen molar-refractivity contribution in [3.05, 3.63) is 18.2 Å². The molecule has 0 radical (unpaired) electrons. The summed E-state index contributed by atoms with van der Waals surface area (Å²) in [5.74, 6) is 0.873. The first-order chi connectivity index (χ1) is 7.63. The Hall–Kier alpha value is -1.71. The fourth-order valence-corrected chi connectivity index (χ4v) is 1.87. The Bertz CT molecular complexity index is 417. The van der Waals surface area contributed by atoms with Crippen LogP contribution in [0.2, 0.25) is 0 Å². The van der Waals surface area contributed by atoms with E-state index >= 15 is 0 Å².